The molecule has 1 N–H and O–H groups in total. The molecule has 3 rings (SSSR count). The third-order valence-electron chi connectivity index (χ3n) is 3.10. The van der Waals surface area contributed by atoms with Crippen LogP contribution in [0.15, 0.2) is 24.3 Å². The van der Waals surface area contributed by atoms with Crippen molar-refractivity contribution in [2.75, 3.05) is 16.8 Å². The van der Waals surface area contributed by atoms with Crippen molar-refractivity contribution >= 4 is 15.5 Å². The minimum absolute atomic E-state index is 0.0153. The van der Waals surface area contributed by atoms with Crippen molar-refractivity contribution in [3.05, 3.63) is 24.3 Å². The first kappa shape index (κ1) is 9.96. The molecular weight excluding hydrogens is 226 g/mol. The van der Waals surface area contributed by atoms with Crippen LogP contribution >= 0.6 is 0 Å². The van der Waals surface area contributed by atoms with Crippen LogP contribution < -0.4 is 10.1 Å². The summed E-state index contributed by atoms with van der Waals surface area (Å²) in [7, 11) is -2.90. The molecule has 1 saturated heterocycles. The van der Waals surface area contributed by atoms with Crippen molar-refractivity contribution in [1.82, 2.24) is 0 Å². The highest BCUT2D eigenvalue weighted by atomic mass is 32.2. The predicted molar refractivity (Wildman–Crippen MR) is 61.5 cm³/mol. The van der Waals surface area contributed by atoms with Crippen LogP contribution in [-0.2, 0) is 9.84 Å². The van der Waals surface area contributed by atoms with Crippen molar-refractivity contribution in [3.8, 4) is 5.75 Å². The number of fused-ring (bicyclic) bond motifs is 2. The molecule has 2 heterocycles. The number of para-hydroxylation sites is 2. The second-order valence-electron chi connectivity index (χ2n) is 4.31. The van der Waals surface area contributed by atoms with Crippen molar-refractivity contribution in [3.63, 3.8) is 0 Å². The molecule has 16 heavy (non-hydrogen) atoms. The van der Waals surface area contributed by atoms with E-state index in [4.69, 9.17) is 4.74 Å². The van der Waals surface area contributed by atoms with Gasteiger partial charge in [-0.05, 0) is 12.1 Å². The van der Waals surface area contributed by atoms with Crippen LogP contribution in [0.4, 0.5) is 5.69 Å². The van der Waals surface area contributed by atoms with Gasteiger partial charge in [-0.15, -0.1) is 0 Å². The molecule has 0 spiro atoms. The van der Waals surface area contributed by atoms with Crippen LogP contribution in [0.1, 0.15) is 6.42 Å². The maximum atomic E-state index is 11.5. The van der Waals surface area contributed by atoms with Crippen molar-refractivity contribution < 1.29 is 13.2 Å². The molecule has 1 aromatic carbocycles. The fraction of sp³-hybridized carbons (Fsp3) is 0.455. The molecule has 1 aromatic rings. The highest BCUT2D eigenvalue weighted by molar-refractivity contribution is 7.91. The Bertz CT molecular complexity index is 512. The Hall–Kier alpha value is -1.23. The Morgan fingerprint density at radius 3 is 3.00 bits per heavy atom. The van der Waals surface area contributed by atoms with E-state index in [0.717, 1.165) is 11.4 Å². The molecule has 2 aliphatic rings. The zero-order valence-electron chi connectivity index (χ0n) is 8.72. The molecule has 0 saturated carbocycles. The molecule has 0 amide bonds. The minimum atomic E-state index is -2.90. The Morgan fingerprint density at radius 1 is 1.31 bits per heavy atom. The first-order valence-electron chi connectivity index (χ1n) is 5.37. The summed E-state index contributed by atoms with van der Waals surface area (Å²) in [6.07, 6.45) is 0.562. The highest BCUT2D eigenvalue weighted by Crippen LogP contribution is 2.33. The summed E-state index contributed by atoms with van der Waals surface area (Å²) in [5.74, 6) is 1.23. The Balaban J connectivity index is 1.92. The van der Waals surface area contributed by atoms with E-state index in [9.17, 15) is 8.42 Å². The van der Waals surface area contributed by atoms with Gasteiger partial charge in [0, 0.05) is 6.42 Å². The van der Waals surface area contributed by atoms with E-state index in [1.54, 1.807) is 0 Å². The predicted octanol–water partition coefficient (Wildman–Crippen LogP) is 1.05. The molecular formula is C11H13NO3S. The van der Waals surface area contributed by atoms with E-state index in [1.165, 1.54) is 0 Å². The van der Waals surface area contributed by atoms with Gasteiger partial charge in [0.15, 0.2) is 9.84 Å². The lowest BCUT2D eigenvalue weighted by molar-refractivity contribution is 0.167. The number of ether oxygens (including phenoxy) is 1. The summed E-state index contributed by atoms with van der Waals surface area (Å²) >= 11 is 0. The monoisotopic (exact) mass is 239 g/mol. The molecule has 0 aliphatic carbocycles. The van der Waals surface area contributed by atoms with Gasteiger partial charge in [0.05, 0.1) is 23.2 Å². The molecule has 0 radical (unpaired) electrons. The minimum Gasteiger partial charge on any atom is -0.486 e. The van der Waals surface area contributed by atoms with E-state index in [2.05, 4.69) is 5.32 Å². The van der Waals surface area contributed by atoms with Gasteiger partial charge in [-0.3, -0.25) is 0 Å². The fourth-order valence-electron chi connectivity index (χ4n) is 2.29. The van der Waals surface area contributed by atoms with E-state index in [-0.39, 0.29) is 23.7 Å². The smallest absolute Gasteiger partial charge is 0.152 e. The van der Waals surface area contributed by atoms with Crippen LogP contribution in [-0.4, -0.2) is 32.1 Å². The van der Waals surface area contributed by atoms with Gasteiger partial charge in [0.25, 0.3) is 0 Å². The van der Waals surface area contributed by atoms with Crippen LogP contribution in [0.25, 0.3) is 0 Å². The average molecular weight is 239 g/mol. The van der Waals surface area contributed by atoms with Crippen molar-refractivity contribution in [2.24, 2.45) is 0 Å². The van der Waals surface area contributed by atoms with Gasteiger partial charge in [0.2, 0.25) is 0 Å². The summed E-state index contributed by atoms with van der Waals surface area (Å²) in [4.78, 5) is 0. The molecule has 0 aromatic heterocycles. The van der Waals surface area contributed by atoms with Crippen LogP contribution in [0.2, 0.25) is 0 Å². The van der Waals surface area contributed by atoms with Crippen molar-refractivity contribution in [2.45, 2.75) is 18.6 Å². The molecule has 2 unspecified atom stereocenters. The second-order valence-corrected chi connectivity index (χ2v) is 6.54. The topological polar surface area (TPSA) is 55.4 Å². The number of nitrogens with one attached hydrogen (secondary N) is 1. The number of hydrogen-bond donors (Lipinski definition) is 1. The van der Waals surface area contributed by atoms with Crippen LogP contribution in [0.5, 0.6) is 5.75 Å². The molecule has 2 atom stereocenters. The van der Waals surface area contributed by atoms with Crippen LogP contribution in [0.3, 0.4) is 0 Å². The maximum Gasteiger partial charge on any atom is 0.152 e. The van der Waals surface area contributed by atoms with E-state index < -0.39 is 9.84 Å². The van der Waals surface area contributed by atoms with Gasteiger partial charge < -0.3 is 10.1 Å². The normalized spacial score (nSPS) is 30.5. The van der Waals surface area contributed by atoms with Gasteiger partial charge in [-0.2, -0.15) is 0 Å². The summed E-state index contributed by atoms with van der Waals surface area (Å²) < 4.78 is 28.8. The Kier molecular flexibility index (Phi) is 2.10. The number of rotatable bonds is 0. The largest absolute Gasteiger partial charge is 0.486 e. The number of benzene rings is 1. The third kappa shape index (κ3) is 1.65. The molecule has 5 heteroatoms. The highest BCUT2D eigenvalue weighted by Gasteiger charge is 2.37. The molecule has 2 aliphatic heterocycles. The molecule has 86 valence electrons. The first-order chi connectivity index (χ1) is 7.64. The van der Waals surface area contributed by atoms with Gasteiger partial charge in [-0.25, -0.2) is 8.42 Å². The lowest BCUT2D eigenvalue weighted by Crippen LogP contribution is -2.50. The SMILES string of the molecule is O=S1(=O)CCC2Oc3ccccc3NC2C1. The summed E-state index contributed by atoms with van der Waals surface area (Å²) in [5.41, 5.74) is 0.890. The zero-order valence-corrected chi connectivity index (χ0v) is 9.53. The second kappa shape index (κ2) is 3.38. The Morgan fingerprint density at radius 2 is 2.12 bits per heavy atom. The number of anilines is 1. The van der Waals surface area contributed by atoms with Gasteiger partial charge >= 0.3 is 0 Å². The summed E-state index contributed by atoms with van der Waals surface area (Å²) in [6.45, 7) is 0. The van der Waals surface area contributed by atoms with E-state index >= 15 is 0 Å². The summed E-state index contributed by atoms with van der Waals surface area (Å²) in [5, 5.41) is 3.25. The standard InChI is InChI=1S/C11H13NO3S/c13-16(14)6-5-11-9(7-16)12-8-3-1-2-4-10(8)15-11/h1-4,9,11-12H,5-7H2. The molecule has 0 bridgehead atoms. The van der Waals surface area contributed by atoms with E-state index in [0.29, 0.717) is 6.42 Å². The first-order valence-corrected chi connectivity index (χ1v) is 7.19. The lowest BCUT2D eigenvalue weighted by Gasteiger charge is -2.37. The maximum absolute atomic E-state index is 11.5. The zero-order chi connectivity index (χ0) is 11.2. The number of hydrogen-bond acceptors (Lipinski definition) is 4. The van der Waals surface area contributed by atoms with Crippen LogP contribution in [0, 0.1) is 0 Å². The third-order valence-corrected chi connectivity index (χ3v) is 4.83. The van der Waals surface area contributed by atoms with E-state index in [1.807, 2.05) is 24.3 Å². The fourth-order valence-corrected chi connectivity index (χ4v) is 3.89. The van der Waals surface area contributed by atoms with Gasteiger partial charge in [0.1, 0.15) is 11.9 Å². The Labute approximate surface area is 94.5 Å². The average Bonchev–Trinajstić information content (AvgIpc) is 2.25. The van der Waals surface area contributed by atoms with Crippen molar-refractivity contribution in [1.29, 1.82) is 0 Å². The number of sulfone groups is 1. The summed E-state index contributed by atoms with van der Waals surface area (Å²) in [6, 6.07) is 7.54. The quantitative estimate of drug-likeness (QED) is 0.735. The lowest BCUT2D eigenvalue weighted by atomic mass is 10.1. The molecule has 1 fully saturated rings. The molecule has 4 nitrogen and oxygen atoms in total. The van der Waals surface area contributed by atoms with Gasteiger partial charge in [-0.1, -0.05) is 12.1 Å².